The van der Waals surface area contributed by atoms with Gasteiger partial charge in [0, 0.05) is 38.9 Å². The number of nitrogens with one attached hydrogen (secondary N) is 1. The molecular formula is C20H32N4O. The minimum atomic E-state index is 0.0310. The predicted molar refractivity (Wildman–Crippen MR) is 102 cm³/mol. The minimum Gasteiger partial charge on any atom is -0.357 e. The Hall–Kier alpha value is -1.78. The summed E-state index contributed by atoms with van der Waals surface area (Å²) < 4.78 is 0. The van der Waals surface area contributed by atoms with Crippen LogP contribution < -0.4 is 10.2 Å². The van der Waals surface area contributed by atoms with E-state index < -0.39 is 0 Å². The second-order valence-corrected chi connectivity index (χ2v) is 7.49. The highest BCUT2D eigenvalue weighted by Crippen LogP contribution is 2.21. The summed E-state index contributed by atoms with van der Waals surface area (Å²) in [6.07, 6.45) is 13.1. The number of amides is 2. The Kier molecular flexibility index (Phi) is 6.54. The first-order valence-electron chi connectivity index (χ1n) is 9.94. The van der Waals surface area contributed by atoms with Crippen molar-refractivity contribution in [2.45, 2.75) is 70.4 Å². The zero-order valence-corrected chi connectivity index (χ0v) is 15.5. The average Bonchev–Trinajstić information content (AvgIpc) is 2.96. The van der Waals surface area contributed by atoms with Gasteiger partial charge in [-0.05, 0) is 37.3 Å². The lowest BCUT2D eigenvalue weighted by Crippen LogP contribution is -2.44. The lowest BCUT2D eigenvalue weighted by atomic mass is 9.95. The zero-order chi connectivity index (χ0) is 17.5. The van der Waals surface area contributed by atoms with Crippen molar-refractivity contribution >= 4 is 11.8 Å². The Labute approximate surface area is 151 Å². The molecule has 0 atom stereocenters. The summed E-state index contributed by atoms with van der Waals surface area (Å²) in [4.78, 5) is 21.2. The standard InChI is InChI=1S/C20H32N4O/c1-23(18-9-5-4-6-10-18)20(25)22-16-17-11-12-19(21-15-17)24-13-7-2-3-8-14-24/h11-12,15,18H,2-10,13-14,16H2,1H3,(H,22,25). The molecule has 1 aliphatic carbocycles. The number of anilines is 1. The molecule has 1 saturated carbocycles. The number of aromatic nitrogens is 1. The summed E-state index contributed by atoms with van der Waals surface area (Å²) in [5.41, 5.74) is 1.06. The number of nitrogens with zero attached hydrogens (tertiary/aromatic N) is 3. The van der Waals surface area contributed by atoms with Crippen molar-refractivity contribution < 1.29 is 4.79 Å². The fourth-order valence-electron chi connectivity index (χ4n) is 3.94. The molecule has 2 aliphatic rings. The van der Waals surface area contributed by atoms with Gasteiger partial charge in [-0.3, -0.25) is 0 Å². The van der Waals surface area contributed by atoms with Gasteiger partial charge in [0.2, 0.25) is 0 Å². The molecule has 25 heavy (non-hydrogen) atoms. The fraction of sp³-hybridized carbons (Fsp3) is 0.700. The van der Waals surface area contributed by atoms with Gasteiger partial charge in [0.25, 0.3) is 0 Å². The average molecular weight is 345 g/mol. The second-order valence-electron chi connectivity index (χ2n) is 7.49. The van der Waals surface area contributed by atoms with Crippen LogP contribution in [0, 0.1) is 0 Å². The lowest BCUT2D eigenvalue weighted by molar-refractivity contribution is 0.173. The number of pyridine rings is 1. The largest absolute Gasteiger partial charge is 0.357 e. The molecule has 1 aromatic heterocycles. The maximum absolute atomic E-state index is 12.4. The first-order chi connectivity index (χ1) is 12.2. The van der Waals surface area contributed by atoms with E-state index in [2.05, 4.69) is 27.3 Å². The Morgan fingerprint density at radius 3 is 2.44 bits per heavy atom. The Bertz CT molecular complexity index is 531. The van der Waals surface area contributed by atoms with Crippen LogP contribution in [0.1, 0.15) is 63.4 Å². The van der Waals surface area contributed by atoms with E-state index in [0.29, 0.717) is 12.6 Å². The molecule has 0 aromatic carbocycles. The van der Waals surface area contributed by atoms with Crippen LogP contribution in [0.25, 0.3) is 0 Å². The Morgan fingerprint density at radius 1 is 1.12 bits per heavy atom. The molecule has 0 spiro atoms. The van der Waals surface area contributed by atoms with E-state index in [-0.39, 0.29) is 6.03 Å². The third-order valence-corrected chi connectivity index (χ3v) is 5.63. The van der Waals surface area contributed by atoms with Crippen LogP contribution in [0.4, 0.5) is 10.6 Å². The molecule has 5 heteroatoms. The van der Waals surface area contributed by atoms with Gasteiger partial charge in [0.05, 0.1) is 0 Å². The van der Waals surface area contributed by atoms with Crippen LogP contribution in [0.5, 0.6) is 0 Å². The van der Waals surface area contributed by atoms with Crippen molar-refractivity contribution in [1.82, 2.24) is 15.2 Å². The Morgan fingerprint density at radius 2 is 1.80 bits per heavy atom. The summed E-state index contributed by atoms with van der Waals surface area (Å²) >= 11 is 0. The van der Waals surface area contributed by atoms with Crippen molar-refractivity contribution in [2.75, 3.05) is 25.0 Å². The summed E-state index contributed by atoms with van der Waals surface area (Å²) in [7, 11) is 1.92. The van der Waals surface area contributed by atoms with Crippen LogP contribution in [0.3, 0.4) is 0 Å². The van der Waals surface area contributed by atoms with E-state index in [4.69, 9.17) is 0 Å². The van der Waals surface area contributed by atoms with E-state index >= 15 is 0 Å². The first-order valence-corrected chi connectivity index (χ1v) is 9.94. The molecule has 5 nitrogen and oxygen atoms in total. The van der Waals surface area contributed by atoms with Crippen LogP contribution >= 0.6 is 0 Å². The molecule has 0 unspecified atom stereocenters. The summed E-state index contributed by atoms with van der Waals surface area (Å²) in [6.45, 7) is 2.76. The molecule has 1 N–H and O–H groups in total. The lowest BCUT2D eigenvalue weighted by Gasteiger charge is -2.31. The molecule has 2 fully saturated rings. The van der Waals surface area contributed by atoms with Gasteiger partial charge < -0.3 is 15.1 Å². The third-order valence-electron chi connectivity index (χ3n) is 5.63. The van der Waals surface area contributed by atoms with Crippen molar-refractivity contribution in [3.05, 3.63) is 23.9 Å². The van der Waals surface area contributed by atoms with Crippen LogP contribution in [0.2, 0.25) is 0 Å². The zero-order valence-electron chi connectivity index (χ0n) is 15.5. The molecule has 0 radical (unpaired) electrons. The van der Waals surface area contributed by atoms with Gasteiger partial charge in [0.1, 0.15) is 5.82 Å². The molecule has 0 bridgehead atoms. The molecule has 2 heterocycles. The van der Waals surface area contributed by atoms with Crippen molar-refractivity contribution in [1.29, 1.82) is 0 Å². The number of carbonyl (C=O) groups excluding carboxylic acids is 1. The second kappa shape index (κ2) is 9.07. The number of rotatable bonds is 4. The normalized spacial score (nSPS) is 19.3. The van der Waals surface area contributed by atoms with Crippen molar-refractivity contribution in [2.24, 2.45) is 0 Å². The molecule has 1 aromatic rings. The van der Waals surface area contributed by atoms with E-state index in [9.17, 15) is 4.79 Å². The van der Waals surface area contributed by atoms with Gasteiger partial charge in [-0.25, -0.2) is 9.78 Å². The van der Waals surface area contributed by atoms with Crippen molar-refractivity contribution in [3.8, 4) is 0 Å². The molecule has 3 rings (SSSR count). The van der Waals surface area contributed by atoms with E-state index in [1.54, 1.807) is 0 Å². The van der Waals surface area contributed by atoms with Gasteiger partial charge >= 0.3 is 6.03 Å². The number of hydrogen-bond donors (Lipinski definition) is 1. The van der Waals surface area contributed by atoms with Gasteiger partial charge in [0.15, 0.2) is 0 Å². The molecule has 2 amide bonds. The summed E-state index contributed by atoms with van der Waals surface area (Å²) in [6, 6.07) is 4.62. The molecule has 138 valence electrons. The number of hydrogen-bond acceptors (Lipinski definition) is 3. The van der Waals surface area contributed by atoms with E-state index in [1.165, 1.54) is 44.9 Å². The quantitative estimate of drug-likeness (QED) is 0.900. The fourth-order valence-corrected chi connectivity index (χ4v) is 3.94. The third kappa shape index (κ3) is 5.10. The molecule has 1 aliphatic heterocycles. The maximum Gasteiger partial charge on any atom is 0.317 e. The highest BCUT2D eigenvalue weighted by molar-refractivity contribution is 5.74. The van der Waals surface area contributed by atoms with Gasteiger partial charge in [-0.15, -0.1) is 0 Å². The smallest absolute Gasteiger partial charge is 0.317 e. The highest BCUT2D eigenvalue weighted by Gasteiger charge is 2.21. The molecule has 1 saturated heterocycles. The maximum atomic E-state index is 12.4. The minimum absolute atomic E-state index is 0.0310. The van der Waals surface area contributed by atoms with Gasteiger partial charge in [-0.1, -0.05) is 38.2 Å². The topological polar surface area (TPSA) is 48.5 Å². The monoisotopic (exact) mass is 344 g/mol. The van der Waals surface area contributed by atoms with Crippen LogP contribution in [-0.2, 0) is 6.54 Å². The van der Waals surface area contributed by atoms with Gasteiger partial charge in [-0.2, -0.15) is 0 Å². The SMILES string of the molecule is CN(C(=O)NCc1ccc(N2CCCCCC2)nc1)C1CCCCC1. The number of urea groups is 1. The van der Waals surface area contributed by atoms with Crippen LogP contribution in [0.15, 0.2) is 18.3 Å². The highest BCUT2D eigenvalue weighted by atomic mass is 16.2. The van der Waals surface area contributed by atoms with Crippen molar-refractivity contribution in [3.63, 3.8) is 0 Å². The molecular weight excluding hydrogens is 312 g/mol. The predicted octanol–water partition coefficient (Wildman–Crippen LogP) is 3.94. The summed E-state index contributed by atoms with van der Waals surface area (Å²) in [5, 5.41) is 3.04. The first kappa shape index (κ1) is 18.0. The Balaban J connectivity index is 1.48. The van der Waals surface area contributed by atoms with E-state index in [0.717, 1.165) is 37.3 Å². The van der Waals surface area contributed by atoms with Crippen LogP contribution in [-0.4, -0.2) is 42.1 Å². The summed E-state index contributed by atoms with van der Waals surface area (Å²) in [5.74, 6) is 1.07. The number of carbonyl (C=O) groups is 1. The van der Waals surface area contributed by atoms with E-state index in [1.807, 2.05) is 18.1 Å².